The third-order valence-electron chi connectivity index (χ3n) is 9.59. The highest BCUT2D eigenvalue weighted by atomic mass is 35.5. The van der Waals surface area contributed by atoms with Crippen molar-refractivity contribution in [2.24, 2.45) is 13.0 Å². The van der Waals surface area contributed by atoms with Crippen LogP contribution in [-0.4, -0.2) is 50.6 Å². The van der Waals surface area contributed by atoms with Crippen molar-refractivity contribution in [3.8, 4) is 5.88 Å². The molecule has 1 unspecified atom stereocenters. The van der Waals surface area contributed by atoms with Crippen molar-refractivity contribution < 1.29 is 18.7 Å². The van der Waals surface area contributed by atoms with Gasteiger partial charge in [0.1, 0.15) is 18.2 Å². The Balaban J connectivity index is 0.936. The van der Waals surface area contributed by atoms with E-state index in [-0.39, 0.29) is 29.9 Å². The van der Waals surface area contributed by atoms with Crippen LogP contribution < -0.4 is 10.1 Å². The number of pyridine rings is 1. The van der Waals surface area contributed by atoms with Crippen LogP contribution in [0.1, 0.15) is 61.5 Å². The van der Waals surface area contributed by atoms with E-state index >= 15 is 0 Å². The quantitative estimate of drug-likeness (QED) is 0.239. The molecule has 4 heterocycles. The number of anilines is 1. The zero-order valence-electron chi connectivity index (χ0n) is 24.9. The lowest BCUT2D eigenvalue weighted by atomic mass is 9.76. The van der Waals surface area contributed by atoms with Gasteiger partial charge in [0, 0.05) is 41.0 Å². The first-order chi connectivity index (χ1) is 21.3. The van der Waals surface area contributed by atoms with Gasteiger partial charge in [0.15, 0.2) is 0 Å². The van der Waals surface area contributed by atoms with E-state index < -0.39 is 0 Å². The average Bonchev–Trinajstić information content (AvgIpc) is 3.60. The number of likely N-dealkylation sites (tertiary alicyclic amines) is 1. The van der Waals surface area contributed by atoms with Gasteiger partial charge in [-0.2, -0.15) is 0 Å². The lowest BCUT2D eigenvalue weighted by Crippen LogP contribution is -2.36. The maximum absolute atomic E-state index is 14.1. The molecular weight excluding hydrogens is 581 g/mol. The molecule has 3 fully saturated rings. The summed E-state index contributed by atoms with van der Waals surface area (Å²) in [6, 6.07) is 16.4. The van der Waals surface area contributed by atoms with E-state index in [4.69, 9.17) is 31.0 Å². The topological polar surface area (TPSA) is 81.5 Å². The summed E-state index contributed by atoms with van der Waals surface area (Å²) in [5, 5.41) is 3.46. The maximum atomic E-state index is 14.1. The summed E-state index contributed by atoms with van der Waals surface area (Å²) < 4.78 is 28.1. The van der Waals surface area contributed by atoms with Gasteiger partial charge in [-0.15, -0.1) is 0 Å². The number of aryl methyl sites for hydroxylation is 1. The standard InChI is InChI=1S/C34H37ClFN5O3/c1-40-30-9-8-26(37-33(42)24-18-34(44-21-24)12-3-13-34)17-29(30)38-31(40)19-41-14-10-22(11-15-41)28-4-2-5-32(39-28)43-20-23-6-7-25(35)16-27(23)36/h2,4-9,16-17,22,24H,3,10-15,18-21H2,1H3,(H,37,42). The molecule has 1 N–H and O–H groups in total. The highest BCUT2D eigenvalue weighted by Crippen LogP contribution is 2.45. The molecule has 2 aromatic carbocycles. The Labute approximate surface area is 261 Å². The fraction of sp³-hybridized carbons (Fsp3) is 0.441. The first-order valence-electron chi connectivity index (χ1n) is 15.5. The first kappa shape index (κ1) is 29.2. The highest BCUT2D eigenvalue weighted by molar-refractivity contribution is 6.30. The number of nitrogens with one attached hydrogen (secondary N) is 1. The van der Waals surface area contributed by atoms with Gasteiger partial charge in [-0.05, 0) is 88.0 Å². The summed E-state index contributed by atoms with van der Waals surface area (Å²) in [6.45, 7) is 3.23. The second-order valence-corrected chi connectivity index (χ2v) is 12.9. The van der Waals surface area contributed by atoms with Crippen LogP contribution >= 0.6 is 11.6 Å². The van der Waals surface area contributed by atoms with E-state index in [0.717, 1.165) is 80.0 Å². The van der Waals surface area contributed by atoms with Crippen LogP contribution in [0.2, 0.25) is 5.02 Å². The van der Waals surface area contributed by atoms with Crippen molar-refractivity contribution in [3.05, 3.63) is 82.5 Å². The lowest BCUT2D eigenvalue weighted by Gasteiger charge is -2.37. The van der Waals surface area contributed by atoms with Crippen molar-refractivity contribution in [2.45, 2.75) is 63.2 Å². The minimum absolute atomic E-state index is 0.0361. The molecule has 1 aliphatic carbocycles. The second kappa shape index (κ2) is 12.1. The molecule has 1 saturated carbocycles. The van der Waals surface area contributed by atoms with Crippen LogP contribution in [0.4, 0.5) is 10.1 Å². The normalized spacial score (nSPS) is 20.2. The zero-order valence-corrected chi connectivity index (χ0v) is 25.7. The van der Waals surface area contributed by atoms with E-state index in [0.29, 0.717) is 29.0 Å². The molecule has 230 valence electrons. The number of imidazole rings is 1. The van der Waals surface area contributed by atoms with Crippen LogP contribution in [0.5, 0.6) is 5.88 Å². The number of nitrogens with zero attached hydrogens (tertiary/aromatic N) is 4. The number of rotatable bonds is 8. The van der Waals surface area contributed by atoms with Crippen LogP contribution in [0.15, 0.2) is 54.6 Å². The predicted molar refractivity (Wildman–Crippen MR) is 167 cm³/mol. The molecule has 7 rings (SSSR count). The minimum Gasteiger partial charge on any atom is -0.473 e. The molecule has 2 aromatic heterocycles. The largest absolute Gasteiger partial charge is 0.473 e. The van der Waals surface area contributed by atoms with Crippen LogP contribution in [0.25, 0.3) is 11.0 Å². The fourth-order valence-corrected chi connectivity index (χ4v) is 6.92. The van der Waals surface area contributed by atoms with E-state index in [9.17, 15) is 9.18 Å². The second-order valence-electron chi connectivity index (χ2n) is 12.5. The van der Waals surface area contributed by atoms with Gasteiger partial charge in [-0.3, -0.25) is 9.69 Å². The third-order valence-corrected chi connectivity index (χ3v) is 9.83. The number of piperidine rings is 1. The maximum Gasteiger partial charge on any atom is 0.229 e. The molecule has 1 amide bonds. The van der Waals surface area contributed by atoms with Crippen LogP contribution in [0, 0.1) is 11.7 Å². The van der Waals surface area contributed by atoms with Crippen molar-refractivity contribution >= 4 is 34.2 Å². The summed E-state index contributed by atoms with van der Waals surface area (Å²) in [7, 11) is 2.05. The Morgan fingerprint density at radius 2 is 1.98 bits per heavy atom. The molecule has 2 aliphatic heterocycles. The van der Waals surface area contributed by atoms with Gasteiger partial charge >= 0.3 is 0 Å². The third kappa shape index (κ3) is 6.05. The number of carbonyl (C=O) groups excluding carboxylic acids is 1. The first-order valence-corrected chi connectivity index (χ1v) is 15.9. The molecule has 44 heavy (non-hydrogen) atoms. The molecule has 2 saturated heterocycles. The van der Waals surface area contributed by atoms with Crippen molar-refractivity contribution in [3.63, 3.8) is 0 Å². The number of aromatic nitrogens is 3. The van der Waals surface area contributed by atoms with E-state index in [1.807, 2.05) is 36.4 Å². The molecule has 3 aliphatic rings. The Morgan fingerprint density at radius 3 is 2.73 bits per heavy atom. The summed E-state index contributed by atoms with van der Waals surface area (Å²) in [5.74, 6) is 1.39. The zero-order chi connectivity index (χ0) is 30.3. The van der Waals surface area contributed by atoms with Crippen molar-refractivity contribution in [1.82, 2.24) is 19.4 Å². The van der Waals surface area contributed by atoms with E-state index in [2.05, 4.69) is 21.8 Å². The Hall–Kier alpha value is -3.53. The molecular formula is C34H37ClFN5O3. The molecule has 1 atom stereocenters. The summed E-state index contributed by atoms with van der Waals surface area (Å²) in [4.78, 5) is 25.0. The summed E-state index contributed by atoms with van der Waals surface area (Å²) >= 11 is 5.86. The lowest BCUT2D eigenvalue weighted by molar-refractivity contribution is -0.119. The minimum atomic E-state index is -0.384. The van der Waals surface area contributed by atoms with E-state index in [1.54, 1.807) is 12.1 Å². The summed E-state index contributed by atoms with van der Waals surface area (Å²) in [6.07, 6.45) is 6.13. The Bertz CT molecular complexity index is 1680. The van der Waals surface area contributed by atoms with Crippen LogP contribution in [-0.2, 0) is 29.7 Å². The van der Waals surface area contributed by atoms with Gasteiger partial charge in [0.2, 0.25) is 11.8 Å². The Morgan fingerprint density at radius 1 is 1.14 bits per heavy atom. The molecule has 0 bridgehead atoms. The SMILES string of the molecule is Cn1c(CN2CCC(c3cccc(OCc4ccc(Cl)cc4F)n3)CC2)nc2cc(NC(=O)C3COC4(CCC4)C3)ccc21. The Kier molecular flexibility index (Phi) is 8.03. The average molecular weight is 618 g/mol. The van der Waals surface area contributed by atoms with Crippen molar-refractivity contribution in [1.29, 1.82) is 0 Å². The van der Waals surface area contributed by atoms with Gasteiger partial charge in [0.25, 0.3) is 0 Å². The molecule has 0 radical (unpaired) electrons. The number of hydrogen-bond donors (Lipinski definition) is 1. The number of fused-ring (bicyclic) bond motifs is 1. The number of halogens is 2. The van der Waals surface area contributed by atoms with Gasteiger partial charge in [-0.1, -0.05) is 23.7 Å². The highest BCUT2D eigenvalue weighted by Gasteiger charge is 2.47. The number of amides is 1. The number of ether oxygens (including phenoxy) is 2. The molecule has 8 nitrogen and oxygen atoms in total. The monoisotopic (exact) mass is 617 g/mol. The molecule has 4 aromatic rings. The number of benzene rings is 2. The van der Waals surface area contributed by atoms with Gasteiger partial charge in [-0.25, -0.2) is 14.4 Å². The molecule has 1 spiro atoms. The fourth-order valence-electron chi connectivity index (χ4n) is 6.76. The molecule has 10 heteroatoms. The predicted octanol–water partition coefficient (Wildman–Crippen LogP) is 6.62. The number of hydrogen-bond acceptors (Lipinski definition) is 6. The van der Waals surface area contributed by atoms with E-state index in [1.165, 1.54) is 12.5 Å². The number of carbonyl (C=O) groups is 1. The van der Waals surface area contributed by atoms with Gasteiger partial charge < -0.3 is 19.4 Å². The smallest absolute Gasteiger partial charge is 0.229 e. The van der Waals surface area contributed by atoms with Gasteiger partial charge in [0.05, 0.1) is 35.7 Å². The summed E-state index contributed by atoms with van der Waals surface area (Å²) in [5.41, 5.74) is 4.12. The van der Waals surface area contributed by atoms with Crippen LogP contribution in [0.3, 0.4) is 0 Å². The van der Waals surface area contributed by atoms with Crippen molar-refractivity contribution in [2.75, 3.05) is 25.0 Å².